The Balaban J connectivity index is 1.80. The Morgan fingerprint density at radius 1 is 1.12 bits per heavy atom. The van der Waals surface area contributed by atoms with E-state index in [2.05, 4.69) is 4.74 Å². The van der Waals surface area contributed by atoms with Crippen LogP contribution in [0.4, 0.5) is 13.2 Å². The predicted octanol–water partition coefficient (Wildman–Crippen LogP) is 4.58. The zero-order valence-corrected chi connectivity index (χ0v) is 14.6. The minimum atomic E-state index is -4.76. The third-order valence-electron chi connectivity index (χ3n) is 3.72. The lowest BCUT2D eigenvalue weighted by molar-refractivity contribution is -0.274. The molecule has 26 heavy (non-hydrogen) atoms. The Morgan fingerprint density at radius 3 is 2.50 bits per heavy atom. The first-order chi connectivity index (χ1) is 12.3. The van der Waals surface area contributed by atoms with Gasteiger partial charge < -0.3 is 9.47 Å². The van der Waals surface area contributed by atoms with Crippen molar-refractivity contribution in [1.29, 1.82) is 0 Å². The summed E-state index contributed by atoms with van der Waals surface area (Å²) in [4.78, 5) is 13.8. The van der Waals surface area contributed by atoms with Crippen LogP contribution in [0.2, 0.25) is 0 Å². The van der Waals surface area contributed by atoms with Crippen LogP contribution >= 0.6 is 11.8 Å². The summed E-state index contributed by atoms with van der Waals surface area (Å²) in [6.45, 7) is 1.74. The van der Waals surface area contributed by atoms with Gasteiger partial charge in [-0.25, -0.2) is 0 Å². The lowest BCUT2D eigenvalue weighted by atomic mass is 10.2. The van der Waals surface area contributed by atoms with E-state index in [1.165, 1.54) is 34.9 Å². The summed E-state index contributed by atoms with van der Waals surface area (Å²) in [6, 6.07) is 14.7. The molecule has 1 amide bonds. The molecule has 1 aliphatic heterocycles. The second-order valence-electron chi connectivity index (χ2n) is 5.61. The molecule has 0 aliphatic carbocycles. The molecule has 1 saturated heterocycles. The van der Waals surface area contributed by atoms with E-state index in [0.717, 1.165) is 0 Å². The summed E-state index contributed by atoms with van der Waals surface area (Å²) in [5.74, 6) is 0.395. The molecule has 138 valence electrons. The van der Waals surface area contributed by atoms with E-state index >= 15 is 0 Å². The minimum absolute atomic E-state index is 0.134. The molecule has 0 aromatic heterocycles. The normalized spacial score (nSPS) is 18.7. The number of carbonyl (C=O) groups excluding carboxylic acids is 1. The SMILES string of the molecule is CC(Oc1ccccc1)N1C(=O)CSC1c1cccc(OC(F)(F)F)c1. The maximum absolute atomic E-state index is 12.4. The summed E-state index contributed by atoms with van der Waals surface area (Å²) in [7, 11) is 0. The largest absolute Gasteiger partial charge is 0.573 e. The van der Waals surface area contributed by atoms with Crippen molar-refractivity contribution < 1.29 is 27.4 Å². The Kier molecular flexibility index (Phi) is 5.31. The first kappa shape index (κ1) is 18.4. The zero-order valence-electron chi connectivity index (χ0n) is 13.8. The van der Waals surface area contributed by atoms with E-state index < -0.39 is 18.0 Å². The predicted molar refractivity (Wildman–Crippen MR) is 91.7 cm³/mol. The second kappa shape index (κ2) is 7.49. The summed E-state index contributed by atoms with van der Waals surface area (Å²) in [5, 5.41) is -0.446. The molecule has 0 saturated carbocycles. The Bertz CT molecular complexity index is 770. The molecule has 0 bridgehead atoms. The van der Waals surface area contributed by atoms with Gasteiger partial charge in [-0.3, -0.25) is 9.69 Å². The number of ether oxygens (including phenoxy) is 2. The molecule has 4 nitrogen and oxygen atoms in total. The molecule has 0 N–H and O–H groups in total. The van der Waals surface area contributed by atoms with Crippen LogP contribution in [0, 0.1) is 0 Å². The number of alkyl halides is 3. The quantitative estimate of drug-likeness (QED) is 0.757. The highest BCUT2D eigenvalue weighted by molar-refractivity contribution is 8.00. The zero-order chi connectivity index (χ0) is 18.7. The van der Waals surface area contributed by atoms with Crippen LogP contribution in [0.25, 0.3) is 0 Å². The third kappa shape index (κ3) is 4.43. The van der Waals surface area contributed by atoms with Crippen LogP contribution in [0.3, 0.4) is 0 Å². The van der Waals surface area contributed by atoms with Gasteiger partial charge in [0.05, 0.1) is 5.75 Å². The van der Waals surface area contributed by atoms with Crippen LogP contribution in [-0.2, 0) is 4.79 Å². The molecular formula is C18H16F3NO3S. The van der Waals surface area contributed by atoms with Crippen molar-refractivity contribution in [1.82, 2.24) is 4.90 Å². The fourth-order valence-electron chi connectivity index (χ4n) is 2.70. The summed E-state index contributed by atoms with van der Waals surface area (Å²) in [5.41, 5.74) is 0.547. The fraction of sp³-hybridized carbons (Fsp3) is 0.278. The van der Waals surface area contributed by atoms with Crippen molar-refractivity contribution in [3.8, 4) is 11.5 Å². The van der Waals surface area contributed by atoms with E-state index in [1.807, 2.05) is 18.2 Å². The van der Waals surface area contributed by atoms with Gasteiger partial charge >= 0.3 is 6.36 Å². The Hall–Kier alpha value is -2.35. The highest BCUT2D eigenvalue weighted by Crippen LogP contribution is 2.41. The first-order valence-corrected chi connectivity index (χ1v) is 8.88. The van der Waals surface area contributed by atoms with Gasteiger partial charge in [-0.2, -0.15) is 0 Å². The summed E-state index contributed by atoms with van der Waals surface area (Å²) >= 11 is 1.34. The molecule has 2 unspecified atom stereocenters. The van der Waals surface area contributed by atoms with Gasteiger partial charge in [0, 0.05) is 0 Å². The average molecular weight is 383 g/mol. The van der Waals surface area contributed by atoms with Gasteiger partial charge in [-0.1, -0.05) is 30.3 Å². The molecule has 2 aromatic carbocycles. The van der Waals surface area contributed by atoms with Gasteiger partial charge in [0.25, 0.3) is 0 Å². The lowest BCUT2D eigenvalue weighted by Crippen LogP contribution is -2.40. The van der Waals surface area contributed by atoms with Crippen molar-refractivity contribution in [2.75, 3.05) is 5.75 Å². The Labute approximate surface area is 152 Å². The highest BCUT2D eigenvalue weighted by atomic mass is 32.2. The monoisotopic (exact) mass is 383 g/mol. The molecule has 0 radical (unpaired) electrons. The number of para-hydroxylation sites is 1. The molecule has 3 rings (SSSR count). The number of hydrogen-bond donors (Lipinski definition) is 0. The van der Waals surface area contributed by atoms with Crippen molar-refractivity contribution in [2.45, 2.75) is 24.9 Å². The molecule has 0 spiro atoms. The van der Waals surface area contributed by atoms with E-state index in [4.69, 9.17) is 4.74 Å². The van der Waals surface area contributed by atoms with E-state index in [-0.39, 0.29) is 17.4 Å². The molecule has 8 heteroatoms. The van der Waals surface area contributed by atoms with Crippen molar-refractivity contribution >= 4 is 17.7 Å². The standard InChI is InChI=1S/C18H16F3NO3S/c1-12(24-14-7-3-2-4-8-14)22-16(23)11-26-17(22)13-6-5-9-15(10-13)25-18(19,20)21/h2-10,12,17H,11H2,1H3. The molecular weight excluding hydrogens is 367 g/mol. The van der Waals surface area contributed by atoms with E-state index in [9.17, 15) is 18.0 Å². The van der Waals surface area contributed by atoms with Gasteiger partial charge in [0.2, 0.25) is 5.91 Å². The van der Waals surface area contributed by atoms with Crippen LogP contribution in [-0.4, -0.2) is 29.2 Å². The number of amides is 1. The minimum Gasteiger partial charge on any atom is -0.471 e. The summed E-state index contributed by atoms with van der Waals surface area (Å²) in [6.07, 6.45) is -5.34. The smallest absolute Gasteiger partial charge is 0.471 e. The van der Waals surface area contributed by atoms with Crippen LogP contribution in [0.5, 0.6) is 11.5 Å². The topological polar surface area (TPSA) is 38.8 Å². The van der Waals surface area contributed by atoms with Gasteiger partial charge in [0.1, 0.15) is 16.9 Å². The Morgan fingerprint density at radius 2 is 1.81 bits per heavy atom. The summed E-state index contributed by atoms with van der Waals surface area (Å²) < 4.78 is 47.1. The molecule has 2 aromatic rings. The van der Waals surface area contributed by atoms with Crippen molar-refractivity contribution in [3.63, 3.8) is 0 Å². The second-order valence-corrected chi connectivity index (χ2v) is 6.68. The van der Waals surface area contributed by atoms with Gasteiger partial charge in [0.15, 0.2) is 6.23 Å². The number of hydrogen-bond acceptors (Lipinski definition) is 4. The van der Waals surface area contributed by atoms with Gasteiger partial charge in [-0.15, -0.1) is 24.9 Å². The van der Waals surface area contributed by atoms with Crippen LogP contribution in [0.15, 0.2) is 54.6 Å². The number of thioether (sulfide) groups is 1. The molecule has 1 heterocycles. The molecule has 1 aliphatic rings. The fourth-order valence-corrected chi connectivity index (χ4v) is 3.94. The first-order valence-electron chi connectivity index (χ1n) is 7.84. The number of nitrogens with zero attached hydrogens (tertiary/aromatic N) is 1. The van der Waals surface area contributed by atoms with E-state index in [0.29, 0.717) is 11.3 Å². The van der Waals surface area contributed by atoms with E-state index in [1.54, 1.807) is 25.1 Å². The average Bonchev–Trinajstić information content (AvgIpc) is 2.96. The number of carbonyl (C=O) groups is 1. The highest BCUT2D eigenvalue weighted by Gasteiger charge is 2.38. The van der Waals surface area contributed by atoms with Crippen molar-refractivity contribution in [2.24, 2.45) is 0 Å². The van der Waals surface area contributed by atoms with Crippen LogP contribution < -0.4 is 9.47 Å². The number of halogens is 3. The van der Waals surface area contributed by atoms with Crippen LogP contribution in [0.1, 0.15) is 17.9 Å². The maximum atomic E-state index is 12.4. The lowest BCUT2D eigenvalue weighted by Gasteiger charge is -2.30. The van der Waals surface area contributed by atoms with Gasteiger partial charge in [-0.05, 0) is 36.8 Å². The third-order valence-corrected chi connectivity index (χ3v) is 4.95. The number of benzene rings is 2. The maximum Gasteiger partial charge on any atom is 0.573 e. The molecule has 1 fully saturated rings. The molecule has 2 atom stereocenters. The number of rotatable bonds is 5. The van der Waals surface area contributed by atoms with Crippen molar-refractivity contribution in [3.05, 3.63) is 60.2 Å².